The Morgan fingerprint density at radius 1 is 1.33 bits per heavy atom. The minimum atomic E-state index is -0.444. The molecule has 3 N–H and O–H groups in total. The van der Waals surface area contributed by atoms with Gasteiger partial charge in [-0.1, -0.05) is 0 Å². The number of aromatic amines is 2. The Morgan fingerprint density at radius 3 is 2.86 bits per heavy atom. The van der Waals surface area contributed by atoms with Crippen molar-refractivity contribution < 1.29 is 9.53 Å². The number of aromatic nitrogens is 4. The van der Waals surface area contributed by atoms with Crippen molar-refractivity contribution in [3.63, 3.8) is 0 Å². The lowest BCUT2D eigenvalue weighted by molar-refractivity contribution is 0.102. The number of hydrogen-bond acceptors (Lipinski definition) is 6. The van der Waals surface area contributed by atoms with E-state index in [0.29, 0.717) is 19.0 Å². The van der Waals surface area contributed by atoms with Gasteiger partial charge in [0.15, 0.2) is 0 Å². The fraction of sp³-hybridized carbons (Fsp3) is 0.333. The minimum absolute atomic E-state index is 0.145. The monoisotopic (exact) mass is 290 g/mol. The van der Waals surface area contributed by atoms with E-state index in [1.165, 1.54) is 12.5 Å². The van der Waals surface area contributed by atoms with Crippen LogP contribution in [0, 0.1) is 0 Å². The molecule has 0 bridgehead atoms. The summed E-state index contributed by atoms with van der Waals surface area (Å²) in [5.74, 6) is 0.657. The first-order chi connectivity index (χ1) is 10.2. The Bertz CT molecular complexity index is 688. The van der Waals surface area contributed by atoms with Crippen molar-refractivity contribution in [2.75, 3.05) is 36.5 Å². The predicted molar refractivity (Wildman–Crippen MR) is 74.4 cm³/mol. The molecular formula is C12H14N6O3. The Kier molecular flexibility index (Phi) is 3.65. The number of nitrogens with one attached hydrogen (secondary N) is 3. The third-order valence-electron chi connectivity index (χ3n) is 3.07. The third kappa shape index (κ3) is 3.08. The molecule has 0 spiro atoms. The first-order valence-electron chi connectivity index (χ1n) is 6.46. The molecule has 9 nitrogen and oxygen atoms in total. The van der Waals surface area contributed by atoms with Gasteiger partial charge in [-0.25, -0.2) is 14.8 Å². The molecule has 21 heavy (non-hydrogen) atoms. The van der Waals surface area contributed by atoms with Gasteiger partial charge in [-0.05, 0) is 0 Å². The second-order valence-corrected chi connectivity index (χ2v) is 4.47. The van der Waals surface area contributed by atoms with Crippen LogP contribution in [0.1, 0.15) is 10.5 Å². The number of carbonyl (C=O) groups is 1. The summed E-state index contributed by atoms with van der Waals surface area (Å²) in [5.41, 5.74) is -0.289. The van der Waals surface area contributed by atoms with Gasteiger partial charge in [0.2, 0.25) is 0 Å². The number of hydrogen-bond donors (Lipinski definition) is 3. The molecule has 1 fully saturated rings. The molecule has 9 heteroatoms. The lowest BCUT2D eigenvalue weighted by atomic mass is 10.4. The van der Waals surface area contributed by atoms with E-state index < -0.39 is 11.6 Å². The standard InChI is InChI=1S/C12H14N6O3/c19-11(8-6-13-12(20)16-8)17-9-5-10(15-7-14-9)18-1-3-21-4-2-18/h5-7H,1-4H2,(H2,13,16,20)(H,14,15,17,19). The van der Waals surface area contributed by atoms with E-state index in [4.69, 9.17) is 4.74 Å². The number of imidazole rings is 1. The third-order valence-corrected chi connectivity index (χ3v) is 3.07. The summed E-state index contributed by atoms with van der Waals surface area (Å²) < 4.78 is 5.28. The highest BCUT2D eigenvalue weighted by Gasteiger charge is 2.14. The molecule has 0 radical (unpaired) electrons. The molecule has 1 amide bonds. The average Bonchev–Trinajstić information content (AvgIpc) is 2.95. The fourth-order valence-electron chi connectivity index (χ4n) is 2.02. The molecule has 3 heterocycles. The van der Waals surface area contributed by atoms with Crippen LogP contribution >= 0.6 is 0 Å². The zero-order valence-electron chi connectivity index (χ0n) is 11.1. The molecule has 2 aromatic rings. The molecule has 0 atom stereocenters. The van der Waals surface area contributed by atoms with E-state index in [1.54, 1.807) is 6.07 Å². The zero-order valence-corrected chi connectivity index (χ0v) is 11.1. The van der Waals surface area contributed by atoms with E-state index in [9.17, 15) is 9.59 Å². The zero-order chi connectivity index (χ0) is 14.7. The van der Waals surface area contributed by atoms with Gasteiger partial charge in [0.1, 0.15) is 23.7 Å². The van der Waals surface area contributed by atoms with Crippen molar-refractivity contribution in [2.24, 2.45) is 0 Å². The Labute approximate surface area is 119 Å². The van der Waals surface area contributed by atoms with Crippen LogP contribution < -0.4 is 15.9 Å². The lowest BCUT2D eigenvalue weighted by Crippen LogP contribution is -2.36. The maximum absolute atomic E-state index is 11.9. The molecule has 1 aliphatic rings. The SMILES string of the molecule is O=C(Nc1cc(N2CCOCC2)ncn1)c1c[nH]c(=O)[nH]1. The molecule has 1 aliphatic heterocycles. The van der Waals surface area contributed by atoms with E-state index in [-0.39, 0.29) is 5.69 Å². The second kappa shape index (κ2) is 5.75. The van der Waals surface area contributed by atoms with Crippen molar-refractivity contribution in [1.82, 2.24) is 19.9 Å². The normalized spacial score (nSPS) is 15.0. The van der Waals surface area contributed by atoms with E-state index in [0.717, 1.165) is 18.9 Å². The highest BCUT2D eigenvalue weighted by molar-refractivity contribution is 6.02. The predicted octanol–water partition coefficient (Wildman–Crippen LogP) is -0.418. The number of rotatable bonds is 3. The van der Waals surface area contributed by atoms with Crippen LogP contribution in [-0.2, 0) is 4.74 Å². The number of H-pyrrole nitrogens is 2. The molecule has 0 aliphatic carbocycles. The van der Waals surface area contributed by atoms with Crippen LogP contribution in [0.25, 0.3) is 0 Å². The molecule has 3 rings (SSSR count). The van der Waals surface area contributed by atoms with E-state index in [2.05, 4.69) is 30.2 Å². The van der Waals surface area contributed by atoms with Gasteiger partial charge in [-0.15, -0.1) is 0 Å². The molecule has 110 valence electrons. The van der Waals surface area contributed by atoms with Gasteiger partial charge in [-0.3, -0.25) is 4.79 Å². The van der Waals surface area contributed by atoms with E-state index in [1.807, 2.05) is 0 Å². The van der Waals surface area contributed by atoms with Crippen LogP contribution in [0.5, 0.6) is 0 Å². The highest BCUT2D eigenvalue weighted by Crippen LogP contribution is 2.15. The molecule has 0 unspecified atom stereocenters. The Morgan fingerprint density at radius 2 is 2.14 bits per heavy atom. The van der Waals surface area contributed by atoms with Gasteiger partial charge in [-0.2, -0.15) is 0 Å². The van der Waals surface area contributed by atoms with Crippen molar-refractivity contribution in [3.05, 3.63) is 34.8 Å². The Hall–Kier alpha value is -2.68. The molecule has 2 aromatic heterocycles. The van der Waals surface area contributed by atoms with Crippen LogP contribution in [0.15, 0.2) is 23.4 Å². The number of nitrogens with zero attached hydrogens (tertiary/aromatic N) is 3. The lowest BCUT2D eigenvalue weighted by Gasteiger charge is -2.27. The summed E-state index contributed by atoms with van der Waals surface area (Å²) in [4.78, 5) is 37.9. The first-order valence-corrected chi connectivity index (χ1v) is 6.46. The number of ether oxygens (including phenoxy) is 1. The summed E-state index contributed by atoms with van der Waals surface area (Å²) >= 11 is 0. The molecule has 0 saturated carbocycles. The summed E-state index contributed by atoms with van der Waals surface area (Å²) in [6, 6.07) is 1.69. The maximum atomic E-state index is 11.9. The molecular weight excluding hydrogens is 276 g/mol. The van der Waals surface area contributed by atoms with Gasteiger partial charge in [0.25, 0.3) is 5.91 Å². The topological polar surface area (TPSA) is 116 Å². The number of amides is 1. The number of anilines is 2. The molecule has 1 saturated heterocycles. The van der Waals surface area contributed by atoms with Crippen LogP contribution in [0.2, 0.25) is 0 Å². The van der Waals surface area contributed by atoms with Crippen LogP contribution in [0.4, 0.5) is 11.6 Å². The van der Waals surface area contributed by atoms with Gasteiger partial charge in [0.05, 0.1) is 13.2 Å². The van der Waals surface area contributed by atoms with Crippen molar-refractivity contribution >= 4 is 17.5 Å². The fourth-order valence-corrected chi connectivity index (χ4v) is 2.02. The van der Waals surface area contributed by atoms with Crippen molar-refractivity contribution in [2.45, 2.75) is 0 Å². The summed E-state index contributed by atoms with van der Waals surface area (Å²) in [5, 5.41) is 2.61. The smallest absolute Gasteiger partial charge is 0.323 e. The highest BCUT2D eigenvalue weighted by atomic mass is 16.5. The summed E-state index contributed by atoms with van der Waals surface area (Å²) in [6.07, 6.45) is 2.70. The van der Waals surface area contributed by atoms with Crippen molar-refractivity contribution in [3.8, 4) is 0 Å². The second-order valence-electron chi connectivity index (χ2n) is 4.47. The minimum Gasteiger partial charge on any atom is -0.378 e. The maximum Gasteiger partial charge on any atom is 0.323 e. The number of carbonyl (C=O) groups excluding carboxylic acids is 1. The van der Waals surface area contributed by atoms with Crippen LogP contribution in [0.3, 0.4) is 0 Å². The summed E-state index contributed by atoms with van der Waals surface area (Å²) in [7, 11) is 0. The number of morpholine rings is 1. The van der Waals surface area contributed by atoms with Crippen LogP contribution in [-0.4, -0.2) is 52.1 Å². The average molecular weight is 290 g/mol. The van der Waals surface area contributed by atoms with Gasteiger partial charge < -0.3 is 24.9 Å². The Balaban J connectivity index is 1.73. The first kappa shape index (κ1) is 13.3. The largest absolute Gasteiger partial charge is 0.378 e. The molecule has 0 aromatic carbocycles. The van der Waals surface area contributed by atoms with Crippen molar-refractivity contribution in [1.29, 1.82) is 0 Å². The van der Waals surface area contributed by atoms with Gasteiger partial charge >= 0.3 is 5.69 Å². The van der Waals surface area contributed by atoms with E-state index >= 15 is 0 Å². The summed E-state index contributed by atoms with van der Waals surface area (Å²) in [6.45, 7) is 2.79. The van der Waals surface area contributed by atoms with Gasteiger partial charge in [0, 0.05) is 25.4 Å². The quantitative estimate of drug-likeness (QED) is 0.707.